The number of phenols is 1. The summed E-state index contributed by atoms with van der Waals surface area (Å²) in [5.41, 5.74) is 1.44. The molecule has 0 aromatic heterocycles. The lowest BCUT2D eigenvalue weighted by molar-refractivity contribution is -0.143. The van der Waals surface area contributed by atoms with E-state index in [1.54, 1.807) is 37.4 Å². The number of phenolic OH excluding ortho intramolecular Hbond substituents is 1. The summed E-state index contributed by atoms with van der Waals surface area (Å²) in [6.07, 6.45) is 2.68. The highest BCUT2D eigenvalue weighted by Crippen LogP contribution is 2.28. The molecule has 2 rings (SSSR count). The van der Waals surface area contributed by atoms with Gasteiger partial charge in [-0.2, -0.15) is 0 Å². The molecule has 0 atom stereocenters. The number of methoxy groups -OCH3 is 3. The summed E-state index contributed by atoms with van der Waals surface area (Å²) in [4.78, 5) is 23.7. The molecule has 0 bridgehead atoms. The van der Waals surface area contributed by atoms with Gasteiger partial charge < -0.3 is 29.4 Å². The molecule has 0 aliphatic carbocycles. The Morgan fingerprint density at radius 1 is 0.966 bits per heavy atom. The van der Waals surface area contributed by atoms with E-state index < -0.39 is 18.5 Å². The molecule has 2 N–H and O–H groups in total. The third kappa shape index (κ3) is 6.46. The zero-order valence-electron chi connectivity index (χ0n) is 16.4. The van der Waals surface area contributed by atoms with Crippen LogP contribution in [-0.4, -0.2) is 44.9 Å². The number of benzene rings is 2. The predicted octanol–water partition coefficient (Wildman–Crippen LogP) is 2.29. The number of esters is 1. The monoisotopic (exact) mass is 401 g/mol. The molecule has 0 saturated carbocycles. The van der Waals surface area contributed by atoms with E-state index >= 15 is 0 Å². The van der Waals surface area contributed by atoms with Crippen LogP contribution < -0.4 is 19.5 Å². The van der Waals surface area contributed by atoms with Crippen molar-refractivity contribution >= 4 is 18.0 Å². The lowest BCUT2D eigenvalue weighted by atomic mass is 10.2. The third-order valence-corrected chi connectivity index (χ3v) is 3.90. The van der Waals surface area contributed by atoms with Gasteiger partial charge in [0, 0.05) is 12.6 Å². The first kappa shape index (κ1) is 21.6. The van der Waals surface area contributed by atoms with E-state index in [-0.39, 0.29) is 18.0 Å². The van der Waals surface area contributed by atoms with Crippen LogP contribution in [0.3, 0.4) is 0 Å². The Bertz CT molecular complexity index is 893. The van der Waals surface area contributed by atoms with Crippen molar-refractivity contribution < 1.29 is 33.6 Å². The lowest BCUT2D eigenvalue weighted by Gasteiger charge is -2.10. The molecule has 8 heteroatoms. The van der Waals surface area contributed by atoms with E-state index in [0.717, 1.165) is 5.56 Å². The molecule has 0 saturated heterocycles. The van der Waals surface area contributed by atoms with Gasteiger partial charge in [0.1, 0.15) is 0 Å². The minimum absolute atomic E-state index is 0.00150. The van der Waals surface area contributed by atoms with Gasteiger partial charge in [-0.3, -0.25) is 4.79 Å². The molecule has 2 aromatic rings. The fraction of sp³-hybridized carbons (Fsp3) is 0.238. The molecule has 154 valence electrons. The normalized spacial score (nSPS) is 10.4. The topological polar surface area (TPSA) is 103 Å². The van der Waals surface area contributed by atoms with Crippen LogP contribution in [0.25, 0.3) is 6.08 Å². The van der Waals surface area contributed by atoms with Crippen molar-refractivity contribution in [3.63, 3.8) is 0 Å². The Morgan fingerprint density at radius 3 is 2.38 bits per heavy atom. The van der Waals surface area contributed by atoms with Crippen molar-refractivity contribution in [2.75, 3.05) is 27.9 Å². The molecule has 1 amide bonds. The molecular formula is C21H23NO7. The van der Waals surface area contributed by atoms with Crippen molar-refractivity contribution in [2.24, 2.45) is 0 Å². The van der Waals surface area contributed by atoms with Crippen LogP contribution in [0.1, 0.15) is 11.1 Å². The van der Waals surface area contributed by atoms with Crippen LogP contribution in [0.5, 0.6) is 23.0 Å². The van der Waals surface area contributed by atoms with Crippen LogP contribution >= 0.6 is 0 Å². The number of hydrogen-bond donors (Lipinski definition) is 2. The van der Waals surface area contributed by atoms with Gasteiger partial charge in [0.05, 0.1) is 21.3 Å². The van der Waals surface area contributed by atoms with Gasteiger partial charge in [-0.25, -0.2) is 4.79 Å². The predicted molar refractivity (Wildman–Crippen MR) is 106 cm³/mol. The van der Waals surface area contributed by atoms with E-state index in [9.17, 15) is 14.7 Å². The summed E-state index contributed by atoms with van der Waals surface area (Å²) in [6, 6.07) is 9.91. The molecule has 0 heterocycles. The Kier molecular flexibility index (Phi) is 7.90. The summed E-state index contributed by atoms with van der Waals surface area (Å²) in [7, 11) is 4.50. The maximum atomic E-state index is 11.9. The second kappa shape index (κ2) is 10.6. The summed E-state index contributed by atoms with van der Waals surface area (Å²) in [6.45, 7) is -0.157. The van der Waals surface area contributed by atoms with E-state index in [2.05, 4.69) is 5.32 Å². The van der Waals surface area contributed by atoms with E-state index in [1.807, 2.05) is 0 Å². The molecule has 0 fully saturated rings. The molecular weight excluding hydrogens is 378 g/mol. The maximum Gasteiger partial charge on any atom is 0.331 e. The van der Waals surface area contributed by atoms with Gasteiger partial charge in [-0.05, 0) is 41.5 Å². The van der Waals surface area contributed by atoms with Crippen LogP contribution in [-0.2, 0) is 20.9 Å². The maximum absolute atomic E-state index is 11.9. The molecule has 0 unspecified atom stereocenters. The standard InChI is InChI=1S/C21H23NO7/c1-26-17-8-5-15(11-19(17)28-3)12-22-20(24)13-29-21(25)9-6-14-4-7-16(23)18(10-14)27-2/h4-11,23H,12-13H2,1-3H3,(H,22,24)/b9-6+. The SMILES string of the molecule is COc1cc(/C=C/C(=O)OCC(=O)NCc2ccc(OC)c(OC)c2)ccc1O. The Morgan fingerprint density at radius 2 is 1.69 bits per heavy atom. The lowest BCUT2D eigenvalue weighted by Crippen LogP contribution is -2.28. The number of carbonyl (C=O) groups is 2. The summed E-state index contributed by atoms with van der Waals surface area (Å²) < 4.78 is 20.3. The quantitative estimate of drug-likeness (QED) is 0.491. The smallest absolute Gasteiger partial charge is 0.331 e. The average molecular weight is 401 g/mol. The van der Waals surface area contributed by atoms with Crippen molar-refractivity contribution in [3.8, 4) is 23.0 Å². The summed E-state index contributed by atoms with van der Waals surface area (Å²) in [5.74, 6) is 0.329. The highest BCUT2D eigenvalue weighted by molar-refractivity contribution is 5.89. The third-order valence-electron chi connectivity index (χ3n) is 3.90. The zero-order chi connectivity index (χ0) is 21.2. The van der Waals surface area contributed by atoms with Crippen molar-refractivity contribution in [1.82, 2.24) is 5.32 Å². The molecule has 29 heavy (non-hydrogen) atoms. The number of rotatable bonds is 9. The molecule has 0 spiro atoms. The molecule has 0 radical (unpaired) electrons. The number of hydrogen-bond acceptors (Lipinski definition) is 7. The largest absolute Gasteiger partial charge is 0.504 e. The number of ether oxygens (including phenoxy) is 4. The number of aromatic hydroxyl groups is 1. The van der Waals surface area contributed by atoms with Gasteiger partial charge in [-0.15, -0.1) is 0 Å². The van der Waals surface area contributed by atoms with Crippen LogP contribution in [0, 0.1) is 0 Å². The highest BCUT2D eigenvalue weighted by Gasteiger charge is 2.08. The summed E-state index contributed by atoms with van der Waals surface area (Å²) in [5, 5.41) is 12.2. The average Bonchev–Trinajstić information content (AvgIpc) is 2.75. The molecule has 0 aliphatic rings. The second-order valence-corrected chi connectivity index (χ2v) is 5.84. The van der Waals surface area contributed by atoms with Gasteiger partial charge >= 0.3 is 5.97 Å². The highest BCUT2D eigenvalue weighted by atomic mass is 16.5. The fourth-order valence-electron chi connectivity index (χ4n) is 2.39. The van der Waals surface area contributed by atoms with Gasteiger partial charge in [0.15, 0.2) is 29.6 Å². The van der Waals surface area contributed by atoms with Gasteiger partial charge in [0.2, 0.25) is 0 Å². The minimum atomic E-state index is -0.668. The number of carbonyl (C=O) groups excluding carboxylic acids is 2. The Balaban J connectivity index is 1.80. The first-order valence-corrected chi connectivity index (χ1v) is 8.66. The Hall–Kier alpha value is -3.68. The Labute approximate surface area is 168 Å². The van der Waals surface area contributed by atoms with E-state index in [1.165, 1.54) is 32.4 Å². The number of amides is 1. The first-order valence-electron chi connectivity index (χ1n) is 8.66. The fourth-order valence-corrected chi connectivity index (χ4v) is 2.39. The molecule has 2 aromatic carbocycles. The first-order chi connectivity index (χ1) is 14.0. The number of nitrogens with one attached hydrogen (secondary N) is 1. The van der Waals surface area contributed by atoms with E-state index in [4.69, 9.17) is 18.9 Å². The van der Waals surface area contributed by atoms with Crippen molar-refractivity contribution in [3.05, 3.63) is 53.6 Å². The van der Waals surface area contributed by atoms with Crippen LogP contribution in [0.4, 0.5) is 0 Å². The zero-order valence-corrected chi connectivity index (χ0v) is 16.4. The van der Waals surface area contributed by atoms with Crippen molar-refractivity contribution in [1.29, 1.82) is 0 Å². The van der Waals surface area contributed by atoms with Gasteiger partial charge in [0.25, 0.3) is 5.91 Å². The molecule has 0 aliphatic heterocycles. The van der Waals surface area contributed by atoms with Crippen LogP contribution in [0.2, 0.25) is 0 Å². The molecule has 8 nitrogen and oxygen atoms in total. The van der Waals surface area contributed by atoms with Crippen LogP contribution in [0.15, 0.2) is 42.5 Å². The minimum Gasteiger partial charge on any atom is -0.504 e. The van der Waals surface area contributed by atoms with E-state index in [0.29, 0.717) is 17.1 Å². The van der Waals surface area contributed by atoms with Gasteiger partial charge in [-0.1, -0.05) is 12.1 Å². The van der Waals surface area contributed by atoms with Crippen molar-refractivity contribution in [2.45, 2.75) is 6.54 Å². The second-order valence-electron chi connectivity index (χ2n) is 5.84. The summed E-state index contributed by atoms with van der Waals surface area (Å²) >= 11 is 0.